The van der Waals surface area contributed by atoms with Gasteiger partial charge in [0.15, 0.2) is 0 Å². The van der Waals surface area contributed by atoms with Gasteiger partial charge in [-0.25, -0.2) is 5.43 Å². The third-order valence-corrected chi connectivity index (χ3v) is 7.40. The molecular weight excluding hydrogens is 597 g/mol. The monoisotopic (exact) mass is 611 g/mol. The molecule has 37 heavy (non-hydrogen) atoms. The molecule has 196 valence electrons. The molecule has 4 rings (SSSR count). The normalized spacial score (nSPS) is 19.3. The highest BCUT2D eigenvalue weighted by Gasteiger charge is 2.67. The van der Waals surface area contributed by atoms with E-state index in [0.717, 1.165) is 12.1 Å². The van der Waals surface area contributed by atoms with Crippen molar-refractivity contribution < 1.29 is 23.1 Å². The van der Waals surface area contributed by atoms with Crippen LogP contribution in [-0.2, 0) is 11.0 Å². The second-order valence-electron chi connectivity index (χ2n) is 8.31. The number of carbonyl (C=O) groups is 1. The van der Waals surface area contributed by atoms with Crippen LogP contribution in [0.5, 0.6) is 0 Å². The molecule has 0 bridgehead atoms. The molecule has 1 saturated carbocycles. The summed E-state index contributed by atoms with van der Waals surface area (Å²) in [4.78, 5) is 13.0. The van der Waals surface area contributed by atoms with Gasteiger partial charge in [-0.15, -0.1) is 23.2 Å². The predicted octanol–water partition coefficient (Wildman–Crippen LogP) is 7.80. The third-order valence-electron chi connectivity index (χ3n) is 5.68. The lowest BCUT2D eigenvalue weighted by atomic mass is 10.1. The van der Waals surface area contributed by atoms with E-state index in [1.165, 1.54) is 30.3 Å². The van der Waals surface area contributed by atoms with Crippen molar-refractivity contribution in [3.8, 4) is 0 Å². The summed E-state index contributed by atoms with van der Waals surface area (Å²) < 4.78 is 37.4. The number of nitrogens with one attached hydrogen (secondary N) is 3. The zero-order valence-corrected chi connectivity index (χ0v) is 22.2. The van der Waals surface area contributed by atoms with E-state index in [0.29, 0.717) is 15.6 Å². The molecule has 0 aliphatic heterocycles. The van der Waals surface area contributed by atoms with Crippen LogP contribution in [0.15, 0.2) is 60.7 Å². The Labute approximate surface area is 234 Å². The molecule has 0 spiro atoms. The Morgan fingerprint density at radius 2 is 1.62 bits per heavy atom. The highest BCUT2D eigenvalue weighted by atomic mass is 35.5. The van der Waals surface area contributed by atoms with Crippen LogP contribution >= 0.6 is 58.0 Å². The average molecular weight is 614 g/mol. The van der Waals surface area contributed by atoms with E-state index in [1.54, 1.807) is 18.2 Å². The summed E-state index contributed by atoms with van der Waals surface area (Å²) in [6.07, 6.45) is -5.96. The number of benzene rings is 3. The minimum Gasteiger partial charge on any atom is -0.373 e. The summed E-state index contributed by atoms with van der Waals surface area (Å²) in [5.74, 6) is -1.85. The number of anilines is 2. The van der Waals surface area contributed by atoms with Gasteiger partial charge >= 0.3 is 6.18 Å². The molecule has 0 saturated heterocycles. The van der Waals surface area contributed by atoms with Gasteiger partial charge in [0.1, 0.15) is 10.6 Å². The first kappa shape index (κ1) is 28.1. The zero-order chi connectivity index (χ0) is 27.1. The fourth-order valence-corrected chi connectivity index (χ4v) is 5.47. The Bertz CT molecular complexity index is 1320. The topological polar surface area (TPSA) is 73.4 Å². The fraction of sp³-hybridized carbons (Fsp3) is 0.208. The molecule has 1 amide bonds. The quantitative estimate of drug-likeness (QED) is 0.125. The lowest BCUT2D eigenvalue weighted by Gasteiger charge is -2.18. The van der Waals surface area contributed by atoms with Gasteiger partial charge in [-0.1, -0.05) is 40.9 Å². The largest absolute Gasteiger partial charge is 0.416 e. The van der Waals surface area contributed by atoms with Gasteiger partial charge in [0, 0.05) is 37.9 Å². The minimum absolute atomic E-state index is 0.0657. The molecule has 2 unspecified atom stereocenters. The summed E-state index contributed by atoms with van der Waals surface area (Å²) in [5.41, 5.74) is 5.24. The smallest absolute Gasteiger partial charge is 0.373 e. The van der Waals surface area contributed by atoms with E-state index < -0.39 is 40.0 Å². The maximum atomic E-state index is 13.0. The Morgan fingerprint density at radius 3 is 2.27 bits per heavy atom. The van der Waals surface area contributed by atoms with E-state index in [-0.39, 0.29) is 22.0 Å². The van der Waals surface area contributed by atoms with Gasteiger partial charge in [0.05, 0.1) is 11.5 Å². The molecule has 1 fully saturated rings. The molecular formula is C24H17Cl5F3N3O2. The Balaban J connectivity index is 1.45. The van der Waals surface area contributed by atoms with Crippen LogP contribution < -0.4 is 16.2 Å². The number of aliphatic hydroxyl groups is 1. The lowest BCUT2D eigenvalue weighted by Crippen LogP contribution is -2.27. The lowest BCUT2D eigenvalue weighted by molar-refractivity contribution is -0.137. The van der Waals surface area contributed by atoms with Crippen LogP contribution in [0.2, 0.25) is 15.1 Å². The Morgan fingerprint density at radius 1 is 0.946 bits per heavy atom. The average Bonchev–Trinajstić information content (AvgIpc) is 3.40. The van der Waals surface area contributed by atoms with Crippen LogP contribution in [-0.4, -0.2) is 15.3 Å². The number of hydrazine groups is 1. The number of rotatable bonds is 7. The number of hydrogen-bond acceptors (Lipinski definition) is 4. The van der Waals surface area contributed by atoms with Crippen molar-refractivity contribution in [1.82, 2.24) is 5.43 Å². The molecule has 0 radical (unpaired) electrons. The van der Waals surface area contributed by atoms with Crippen molar-refractivity contribution in [1.29, 1.82) is 0 Å². The van der Waals surface area contributed by atoms with Crippen LogP contribution in [0.25, 0.3) is 0 Å². The number of amides is 1. The zero-order valence-electron chi connectivity index (χ0n) is 18.4. The van der Waals surface area contributed by atoms with E-state index in [9.17, 15) is 23.1 Å². The van der Waals surface area contributed by atoms with Crippen LogP contribution in [0, 0.1) is 5.92 Å². The molecule has 1 aliphatic rings. The van der Waals surface area contributed by atoms with E-state index in [1.807, 2.05) is 0 Å². The SMILES string of the molecule is O=C(Nc1ccc(Cl)c([C@@H](O)NNc2cccc(C(F)(F)F)c2)c1)C1C(c2cc(Cl)cc(Cl)c2)C1(Cl)Cl. The summed E-state index contributed by atoms with van der Waals surface area (Å²) in [7, 11) is 0. The number of hydrogen-bond donors (Lipinski definition) is 4. The Hall–Kier alpha value is -1.91. The second kappa shape index (κ2) is 10.7. The van der Waals surface area contributed by atoms with Crippen molar-refractivity contribution in [2.75, 3.05) is 10.7 Å². The van der Waals surface area contributed by atoms with Crippen molar-refractivity contribution >= 4 is 75.3 Å². The van der Waals surface area contributed by atoms with Gasteiger partial charge in [0.25, 0.3) is 0 Å². The van der Waals surface area contributed by atoms with Crippen LogP contribution in [0.3, 0.4) is 0 Å². The minimum atomic E-state index is -4.52. The van der Waals surface area contributed by atoms with Gasteiger partial charge in [-0.05, 0) is 60.2 Å². The van der Waals surface area contributed by atoms with Crippen molar-refractivity contribution in [2.24, 2.45) is 5.92 Å². The first-order valence-corrected chi connectivity index (χ1v) is 12.5. The van der Waals surface area contributed by atoms with Gasteiger partial charge < -0.3 is 15.8 Å². The van der Waals surface area contributed by atoms with Crippen molar-refractivity contribution in [2.45, 2.75) is 22.7 Å². The van der Waals surface area contributed by atoms with Gasteiger partial charge in [-0.2, -0.15) is 13.2 Å². The predicted molar refractivity (Wildman–Crippen MR) is 140 cm³/mol. The molecule has 13 heteroatoms. The molecule has 0 heterocycles. The summed E-state index contributed by atoms with van der Waals surface area (Å²) in [5, 5.41) is 14.1. The summed E-state index contributed by atoms with van der Waals surface area (Å²) in [6.45, 7) is 0. The highest BCUT2D eigenvalue weighted by Crippen LogP contribution is 2.65. The van der Waals surface area contributed by atoms with Crippen molar-refractivity contribution in [3.05, 3.63) is 92.4 Å². The maximum absolute atomic E-state index is 13.0. The Kier molecular flexibility index (Phi) is 8.12. The van der Waals surface area contributed by atoms with E-state index in [2.05, 4.69) is 16.2 Å². The number of aliphatic hydroxyl groups excluding tert-OH is 1. The standard InChI is InChI=1S/C24H17Cl5F3N3O2/c25-13-6-11(7-14(26)9-13)19-20(23(19,28)29)22(37)33-15-4-5-18(27)17(10-15)21(36)35-34-16-3-1-2-12(8-16)24(30,31)32/h1-10,19-21,34-36H,(H,33,37)/t19?,20?,21-/m1/s1. The molecule has 0 aromatic heterocycles. The molecule has 3 aromatic carbocycles. The highest BCUT2D eigenvalue weighted by molar-refractivity contribution is 6.53. The van der Waals surface area contributed by atoms with E-state index >= 15 is 0 Å². The maximum Gasteiger partial charge on any atom is 0.416 e. The number of alkyl halides is 5. The van der Waals surface area contributed by atoms with Gasteiger partial charge in [-0.3, -0.25) is 4.79 Å². The van der Waals surface area contributed by atoms with Crippen LogP contribution in [0.1, 0.15) is 28.8 Å². The van der Waals surface area contributed by atoms with E-state index in [4.69, 9.17) is 58.0 Å². The van der Waals surface area contributed by atoms with Crippen molar-refractivity contribution in [3.63, 3.8) is 0 Å². The molecule has 3 aromatic rings. The number of carbonyl (C=O) groups excluding carboxylic acids is 1. The first-order valence-electron chi connectivity index (χ1n) is 10.6. The summed E-state index contributed by atoms with van der Waals surface area (Å²) in [6, 6.07) is 13.6. The third kappa shape index (κ3) is 6.40. The number of halogens is 8. The van der Waals surface area contributed by atoms with Crippen LogP contribution in [0.4, 0.5) is 24.5 Å². The first-order chi connectivity index (χ1) is 17.3. The molecule has 3 atom stereocenters. The molecule has 5 nitrogen and oxygen atoms in total. The second-order valence-corrected chi connectivity index (χ2v) is 11.0. The fourth-order valence-electron chi connectivity index (χ4n) is 3.88. The molecule has 4 N–H and O–H groups in total. The molecule has 1 aliphatic carbocycles. The summed E-state index contributed by atoms with van der Waals surface area (Å²) >= 11 is 31.1. The van der Waals surface area contributed by atoms with Gasteiger partial charge in [0.2, 0.25) is 5.91 Å².